The van der Waals surface area contributed by atoms with Gasteiger partial charge in [0.2, 0.25) is 6.29 Å². The van der Waals surface area contributed by atoms with Gasteiger partial charge in [-0.15, -0.1) is 0 Å². The molecule has 0 amide bonds. The Hall–Kier alpha value is -3.02. The van der Waals surface area contributed by atoms with Crippen molar-refractivity contribution < 1.29 is 158 Å². The first-order valence-corrected chi connectivity index (χ1v) is 34.3. The third kappa shape index (κ3) is 12.9. The minimum absolute atomic E-state index is 0.0975. The van der Waals surface area contributed by atoms with Crippen LogP contribution in [0, 0.1) is 56.2 Å². The quantitative estimate of drug-likeness (QED) is 0.0286. The highest BCUT2D eigenvalue weighted by Crippen LogP contribution is 2.76. The van der Waals surface area contributed by atoms with Gasteiger partial charge in [-0.3, -0.25) is 9.59 Å². The van der Waals surface area contributed by atoms with Gasteiger partial charge in [-0.05, 0) is 117 Å². The first-order chi connectivity index (χ1) is 46.0. The van der Waals surface area contributed by atoms with Crippen LogP contribution in [0.4, 0.5) is 0 Å². The van der Waals surface area contributed by atoms with E-state index in [1.807, 2.05) is 0 Å². The second-order valence-electron chi connectivity index (χ2n) is 31.3. The summed E-state index contributed by atoms with van der Waals surface area (Å²) in [5.41, 5.74) is -3.38. The van der Waals surface area contributed by atoms with E-state index in [0.29, 0.717) is 57.8 Å². The van der Waals surface area contributed by atoms with E-state index < -0.39 is 254 Å². The molecule has 32 nitrogen and oxygen atoms in total. The zero-order valence-electron chi connectivity index (χ0n) is 56.2. The molecule has 11 rings (SSSR count). The van der Waals surface area contributed by atoms with Crippen molar-refractivity contribution in [1.82, 2.24) is 0 Å². The van der Waals surface area contributed by atoms with Crippen molar-refractivity contribution in [2.45, 2.75) is 292 Å². The number of aliphatic hydroxyl groups excluding tert-OH is 15. The molecule has 0 radical (unpaired) electrons. The summed E-state index contributed by atoms with van der Waals surface area (Å²) in [5.74, 6) is -4.97. The maximum absolute atomic E-state index is 15.7. The van der Waals surface area contributed by atoms with Crippen molar-refractivity contribution in [3.05, 3.63) is 11.6 Å². The SMILES string of the molecule is CC(=O)C1COC(OC(=O)C23CCC(C)(C)CC2C2=CCC4C5(C)CCC(OC6OC(C(=O)O)C(O)C(OC7OCC(O)C(O)C7O)C6OC6OC(CO)C(O)C(O)C6O)C(C)(C=O)C5CCC4(C)C2(C)CC3)C(OC2OC(C)C(O)C(OC3OC(CO)C(O)C(O)C3O)C2O)C1O. The number of carboxylic acids is 1. The van der Waals surface area contributed by atoms with Gasteiger partial charge in [-0.1, -0.05) is 53.2 Å². The fourth-order valence-corrected chi connectivity index (χ4v) is 19.1. The van der Waals surface area contributed by atoms with Crippen LogP contribution >= 0.6 is 0 Å². The summed E-state index contributed by atoms with van der Waals surface area (Å²) in [6, 6.07) is 0. The summed E-state index contributed by atoms with van der Waals surface area (Å²) in [4.78, 5) is 55.9. The van der Waals surface area contributed by atoms with Gasteiger partial charge in [0.05, 0.1) is 61.5 Å². The Morgan fingerprint density at radius 1 is 0.551 bits per heavy atom. The predicted molar refractivity (Wildman–Crippen MR) is 324 cm³/mol. The second kappa shape index (κ2) is 28.5. The molecule has 37 atom stereocenters. The number of ether oxygens (including phenoxy) is 12. The number of carboxylic acid groups (broad SMARTS) is 1. The number of esters is 1. The molecule has 16 N–H and O–H groups in total. The van der Waals surface area contributed by atoms with Crippen LogP contribution in [0.3, 0.4) is 0 Å². The maximum Gasteiger partial charge on any atom is 0.335 e. The first-order valence-electron chi connectivity index (χ1n) is 34.3. The Balaban J connectivity index is 0.854. The van der Waals surface area contributed by atoms with Crippen LogP contribution in [-0.2, 0) is 76.0 Å². The van der Waals surface area contributed by atoms with Crippen LogP contribution in [0.1, 0.15) is 120 Å². The largest absolute Gasteiger partial charge is 0.479 e. The van der Waals surface area contributed by atoms with Crippen molar-refractivity contribution in [3.63, 3.8) is 0 Å². The van der Waals surface area contributed by atoms with E-state index in [4.69, 9.17) is 56.8 Å². The molecular weight excluding hydrogens is 1300 g/mol. The van der Waals surface area contributed by atoms with E-state index in [1.54, 1.807) is 6.92 Å². The van der Waals surface area contributed by atoms with Crippen molar-refractivity contribution in [1.29, 1.82) is 0 Å². The number of hydrogen-bond donors (Lipinski definition) is 16. The number of hydrogen-bond acceptors (Lipinski definition) is 31. The minimum atomic E-state index is -2.20. The summed E-state index contributed by atoms with van der Waals surface area (Å²) in [6.45, 7) is 12.7. The van der Waals surface area contributed by atoms with Gasteiger partial charge in [0.1, 0.15) is 122 Å². The molecule has 4 saturated carbocycles. The van der Waals surface area contributed by atoms with E-state index in [9.17, 15) is 96.1 Å². The molecule has 32 heteroatoms. The average molecular weight is 1410 g/mol. The summed E-state index contributed by atoms with van der Waals surface area (Å²) < 4.78 is 72.4. The van der Waals surface area contributed by atoms with Gasteiger partial charge in [-0.25, -0.2) is 4.79 Å². The normalized spacial score (nSPS) is 53.4. The lowest BCUT2D eigenvalue weighted by atomic mass is 9.33. The van der Waals surface area contributed by atoms with Crippen molar-refractivity contribution >= 4 is 24.0 Å². The number of ketones is 1. The molecule has 0 spiro atoms. The number of fused-ring (bicyclic) bond motifs is 7. The average Bonchev–Trinajstić information content (AvgIpc) is 0.674. The lowest BCUT2D eigenvalue weighted by molar-refractivity contribution is -0.391. The molecule has 98 heavy (non-hydrogen) atoms. The lowest BCUT2D eigenvalue weighted by Crippen LogP contribution is -2.68. The number of rotatable bonds is 17. The maximum atomic E-state index is 15.7. The monoisotopic (exact) mass is 1410 g/mol. The Kier molecular flexibility index (Phi) is 22.1. The molecule has 6 heterocycles. The van der Waals surface area contributed by atoms with Gasteiger partial charge < -0.3 is 143 Å². The van der Waals surface area contributed by atoms with Gasteiger partial charge in [0.25, 0.3) is 0 Å². The third-order valence-electron chi connectivity index (χ3n) is 25.3. The van der Waals surface area contributed by atoms with Crippen LogP contribution in [0.5, 0.6) is 0 Å². The molecule has 0 aromatic carbocycles. The summed E-state index contributed by atoms with van der Waals surface area (Å²) in [6.07, 6.45) is -42.4. The molecule has 0 bridgehead atoms. The number of aliphatic carboxylic acids is 1. The molecule has 11 aliphatic rings. The molecular formula is C66H102O32. The lowest BCUT2D eigenvalue weighted by Gasteiger charge is -2.71. The third-order valence-corrected chi connectivity index (χ3v) is 25.3. The number of aliphatic hydroxyl groups is 15. The number of carbonyl (C=O) groups excluding carboxylic acids is 3. The van der Waals surface area contributed by atoms with Gasteiger partial charge in [0.15, 0.2) is 37.6 Å². The van der Waals surface area contributed by atoms with Crippen molar-refractivity contribution in [2.75, 3.05) is 26.4 Å². The predicted octanol–water partition coefficient (Wildman–Crippen LogP) is -3.97. The molecule has 10 fully saturated rings. The van der Waals surface area contributed by atoms with E-state index in [1.165, 1.54) is 13.8 Å². The Labute approximate surface area is 565 Å². The van der Waals surface area contributed by atoms with Crippen molar-refractivity contribution in [2.24, 2.45) is 56.2 Å². The second-order valence-corrected chi connectivity index (χ2v) is 31.3. The number of aldehydes is 1. The zero-order valence-corrected chi connectivity index (χ0v) is 56.2. The topological polar surface area (TPSA) is 503 Å². The smallest absolute Gasteiger partial charge is 0.335 e. The fourth-order valence-electron chi connectivity index (χ4n) is 19.1. The summed E-state index contributed by atoms with van der Waals surface area (Å²) in [5, 5.41) is 173. The zero-order chi connectivity index (χ0) is 71.6. The van der Waals surface area contributed by atoms with E-state index >= 15 is 4.79 Å². The fraction of sp³-hybridized carbons (Fsp3) is 0.909. The van der Waals surface area contributed by atoms with Crippen LogP contribution in [0.25, 0.3) is 0 Å². The Morgan fingerprint density at radius 3 is 1.72 bits per heavy atom. The molecule has 0 aromatic rings. The van der Waals surface area contributed by atoms with Crippen LogP contribution in [0.15, 0.2) is 11.6 Å². The summed E-state index contributed by atoms with van der Waals surface area (Å²) >= 11 is 0. The van der Waals surface area contributed by atoms with Crippen molar-refractivity contribution in [3.8, 4) is 0 Å². The molecule has 558 valence electrons. The highest BCUT2D eigenvalue weighted by atomic mass is 16.8. The summed E-state index contributed by atoms with van der Waals surface area (Å²) in [7, 11) is 0. The standard InChI is InChI=1S/C66H102O32/c1-25(70)27-22-87-58(51(37(27)73)96-57-47(83)48(36(72)26(2)89-57)93-55-44(80)41(77)39(75)31(20-67)90-55)98-60(86)66-17-15-61(3,4)19-29(66)28-9-10-34-62(5)13-12-35(63(6,24-69)33(62)11-14-65(34,8)64(28,7)16-18-66)92-59-52(97-56-45(81)42(78)40(76)32(21-68)91-56)49(46(82)50(95-59)53(84)85)94-54-43(79)38(74)30(71)23-88-54/h9,24,26-27,29-52,54-59,67-68,71-83H,10-23H2,1-8H3,(H,84,85). The van der Waals surface area contributed by atoms with Crippen LogP contribution in [0.2, 0.25) is 0 Å². The highest BCUT2D eigenvalue weighted by Gasteiger charge is 2.71. The molecule has 0 aromatic heterocycles. The molecule has 5 aliphatic carbocycles. The molecule has 6 aliphatic heterocycles. The van der Waals surface area contributed by atoms with Crippen LogP contribution < -0.4 is 0 Å². The molecule has 6 saturated heterocycles. The van der Waals surface area contributed by atoms with Gasteiger partial charge >= 0.3 is 11.9 Å². The van der Waals surface area contributed by atoms with E-state index in [0.717, 1.165) is 11.9 Å². The number of Topliss-reactive ketones (excluding diaryl/α,β-unsaturated/α-hetero) is 1. The van der Waals surface area contributed by atoms with Gasteiger partial charge in [0, 0.05) is 0 Å². The number of allylic oxidation sites excluding steroid dienone is 2. The molecule has 37 unspecified atom stereocenters. The Bertz CT molecular complexity index is 2880. The van der Waals surface area contributed by atoms with E-state index in [2.05, 4.69) is 40.7 Å². The van der Waals surface area contributed by atoms with Gasteiger partial charge in [-0.2, -0.15) is 0 Å². The van der Waals surface area contributed by atoms with E-state index in [-0.39, 0.29) is 24.4 Å². The highest BCUT2D eigenvalue weighted by molar-refractivity contribution is 5.80. The minimum Gasteiger partial charge on any atom is -0.479 e. The first kappa shape index (κ1) is 76.1. The Morgan fingerprint density at radius 2 is 1.12 bits per heavy atom. The number of carbonyl (C=O) groups is 4. The van der Waals surface area contributed by atoms with Crippen LogP contribution in [-0.4, -0.2) is 304 Å².